The van der Waals surface area contributed by atoms with E-state index in [0.717, 1.165) is 12.8 Å². The Kier molecular flexibility index (Phi) is 5.93. The van der Waals surface area contributed by atoms with Crippen LogP contribution in [0.1, 0.15) is 19.8 Å². The van der Waals surface area contributed by atoms with E-state index >= 15 is 0 Å². The normalized spacial score (nSPS) is 23.1. The molecule has 4 rings (SSSR count). The van der Waals surface area contributed by atoms with Gasteiger partial charge < -0.3 is 21.1 Å². The highest BCUT2D eigenvalue weighted by Crippen LogP contribution is 2.42. The summed E-state index contributed by atoms with van der Waals surface area (Å²) in [5, 5.41) is 0. The number of thioether (sulfide) groups is 1. The van der Waals surface area contributed by atoms with Crippen LogP contribution in [0.2, 0.25) is 0 Å². The highest BCUT2D eigenvalue weighted by Gasteiger charge is 2.47. The molecule has 2 saturated heterocycles. The van der Waals surface area contributed by atoms with Crippen molar-refractivity contribution in [3.63, 3.8) is 0 Å². The first-order chi connectivity index (χ1) is 15.0. The van der Waals surface area contributed by atoms with E-state index in [1.54, 1.807) is 7.05 Å². The van der Waals surface area contributed by atoms with Gasteiger partial charge in [0.1, 0.15) is 5.82 Å². The van der Waals surface area contributed by atoms with E-state index in [-0.39, 0.29) is 51.2 Å². The lowest BCUT2D eigenvalue weighted by Crippen LogP contribution is -2.51. The third-order valence-corrected chi connectivity index (χ3v) is 7.30. The first-order valence-electron chi connectivity index (χ1n) is 10.4. The Morgan fingerprint density at radius 3 is 2.38 bits per heavy atom. The van der Waals surface area contributed by atoms with E-state index in [1.807, 2.05) is 11.8 Å². The molecule has 0 aliphatic carbocycles. The smallest absolute Gasteiger partial charge is 0.383 e. The number of hydrogen-bond donors (Lipinski definition) is 2. The summed E-state index contributed by atoms with van der Waals surface area (Å²) in [6.45, 7) is 3.97. The molecule has 174 valence electrons. The summed E-state index contributed by atoms with van der Waals surface area (Å²) >= 11 is -0.209. The van der Waals surface area contributed by atoms with Crippen molar-refractivity contribution in [1.29, 1.82) is 0 Å². The van der Waals surface area contributed by atoms with E-state index in [1.165, 1.54) is 28.8 Å². The fourth-order valence-electron chi connectivity index (χ4n) is 4.61. The zero-order chi connectivity index (χ0) is 23.3. The second-order valence-corrected chi connectivity index (χ2v) is 9.64. The van der Waals surface area contributed by atoms with Crippen LogP contribution in [-0.4, -0.2) is 46.9 Å². The van der Waals surface area contributed by atoms with Gasteiger partial charge >= 0.3 is 5.51 Å². The Balaban J connectivity index is 1.57. The molecule has 11 heteroatoms. The molecule has 4 N–H and O–H groups in total. The van der Waals surface area contributed by atoms with Gasteiger partial charge in [-0.25, -0.2) is 0 Å². The number of nitrogens with zero attached hydrogens (tertiary/aromatic N) is 3. The fraction of sp³-hybridized carbons (Fsp3) is 0.524. The summed E-state index contributed by atoms with van der Waals surface area (Å²) in [6, 6.07) is 5.52. The average Bonchev–Trinajstić information content (AvgIpc) is 3.00. The predicted octanol–water partition coefficient (Wildman–Crippen LogP) is 2.97. The molecule has 0 amide bonds. The molecule has 0 saturated carbocycles. The maximum Gasteiger partial charge on any atom is 0.446 e. The molecule has 0 bridgehead atoms. The number of aromatic nitrogens is 2. The Labute approximate surface area is 187 Å². The van der Waals surface area contributed by atoms with Crippen LogP contribution in [0.15, 0.2) is 34.0 Å². The molecular formula is C21H26F3N5O2S. The van der Waals surface area contributed by atoms with E-state index < -0.39 is 5.51 Å². The second kappa shape index (κ2) is 8.27. The summed E-state index contributed by atoms with van der Waals surface area (Å²) in [5.41, 5.74) is 8.35. The largest absolute Gasteiger partial charge is 0.446 e. The van der Waals surface area contributed by atoms with Gasteiger partial charge in [-0.1, -0.05) is 12.1 Å². The third-order valence-electron chi connectivity index (χ3n) is 6.56. The number of piperidine rings is 1. The van der Waals surface area contributed by atoms with Gasteiger partial charge in [0.05, 0.1) is 18.3 Å². The van der Waals surface area contributed by atoms with Gasteiger partial charge in [-0.2, -0.15) is 18.2 Å². The number of hydrogen-bond acceptors (Lipinski definition) is 7. The van der Waals surface area contributed by atoms with Crippen LogP contribution < -0.4 is 21.9 Å². The Morgan fingerprint density at radius 1 is 1.22 bits per heavy atom. The third kappa shape index (κ3) is 4.20. The molecule has 1 aromatic heterocycles. The molecular weight excluding hydrogens is 443 g/mol. The van der Waals surface area contributed by atoms with Crippen molar-refractivity contribution in [2.45, 2.75) is 42.3 Å². The maximum absolute atomic E-state index is 13.1. The summed E-state index contributed by atoms with van der Waals surface area (Å²) in [5.74, 6) is 0.519. The maximum atomic E-state index is 13.1. The van der Waals surface area contributed by atoms with E-state index in [9.17, 15) is 18.0 Å². The molecule has 0 radical (unpaired) electrons. The summed E-state index contributed by atoms with van der Waals surface area (Å²) in [7, 11) is 1.62. The van der Waals surface area contributed by atoms with Gasteiger partial charge in [0.15, 0.2) is 0 Å². The number of nitrogens with two attached hydrogens (primary N) is 2. The quantitative estimate of drug-likeness (QED) is 0.667. The standard InChI is InChI=1S/C21H26F3N5O2S/c1-12-16(25)20(11-31-12)7-9-29(10-8-20)19-27-17(26)15(18(30)28(19)2)13-3-5-14(6-4-13)32-21(22,23)24/h3-6,12,16H,7-11,25-26H2,1-2H3/t12-,16+/m0/s1. The second-order valence-electron chi connectivity index (χ2n) is 8.50. The Bertz CT molecular complexity index is 1050. The molecule has 7 nitrogen and oxygen atoms in total. The lowest BCUT2D eigenvalue weighted by Gasteiger charge is -2.41. The molecule has 32 heavy (non-hydrogen) atoms. The van der Waals surface area contributed by atoms with Gasteiger partial charge in [-0.05, 0) is 49.2 Å². The summed E-state index contributed by atoms with van der Waals surface area (Å²) in [6.07, 6.45) is 1.68. The molecule has 1 aromatic carbocycles. The fourth-order valence-corrected chi connectivity index (χ4v) is 5.15. The van der Waals surface area contributed by atoms with Gasteiger partial charge in [0.25, 0.3) is 5.56 Å². The minimum absolute atomic E-state index is 0.0210. The van der Waals surface area contributed by atoms with Crippen molar-refractivity contribution >= 4 is 23.5 Å². The number of halogens is 3. The van der Waals surface area contributed by atoms with Crippen LogP contribution in [0.25, 0.3) is 11.1 Å². The minimum atomic E-state index is -4.38. The molecule has 0 unspecified atom stereocenters. The zero-order valence-corrected chi connectivity index (χ0v) is 18.7. The van der Waals surface area contributed by atoms with Crippen molar-refractivity contribution < 1.29 is 17.9 Å². The SMILES string of the molecule is C[C@@H]1OCC2(CCN(c3nc(N)c(-c4ccc(SC(F)(F)F)cc4)c(=O)n3C)CC2)[C@@H]1N. The van der Waals surface area contributed by atoms with Crippen molar-refractivity contribution in [1.82, 2.24) is 9.55 Å². The van der Waals surface area contributed by atoms with E-state index in [0.29, 0.717) is 31.2 Å². The highest BCUT2D eigenvalue weighted by molar-refractivity contribution is 8.00. The average molecular weight is 470 g/mol. The molecule has 3 heterocycles. The lowest BCUT2D eigenvalue weighted by molar-refractivity contribution is -0.0328. The summed E-state index contributed by atoms with van der Waals surface area (Å²) in [4.78, 5) is 19.6. The summed E-state index contributed by atoms with van der Waals surface area (Å²) < 4.78 is 44.9. The number of rotatable bonds is 3. The molecule has 1 spiro atoms. The number of benzene rings is 1. The molecule has 2 atom stereocenters. The predicted molar refractivity (Wildman–Crippen MR) is 119 cm³/mol. The number of anilines is 2. The Morgan fingerprint density at radius 2 is 1.84 bits per heavy atom. The molecule has 2 aliphatic heterocycles. The molecule has 2 aromatic rings. The van der Waals surface area contributed by atoms with Crippen LogP contribution in [-0.2, 0) is 11.8 Å². The molecule has 2 fully saturated rings. The van der Waals surface area contributed by atoms with Gasteiger partial charge in [0.2, 0.25) is 5.95 Å². The van der Waals surface area contributed by atoms with Gasteiger partial charge in [-0.15, -0.1) is 0 Å². The topological polar surface area (TPSA) is 99.4 Å². The van der Waals surface area contributed by atoms with E-state index in [4.69, 9.17) is 16.2 Å². The van der Waals surface area contributed by atoms with E-state index in [2.05, 4.69) is 4.98 Å². The van der Waals surface area contributed by atoms with Crippen molar-refractivity contribution in [2.75, 3.05) is 30.3 Å². The monoisotopic (exact) mass is 469 g/mol. The number of alkyl halides is 3. The van der Waals surface area contributed by atoms with Crippen LogP contribution in [0, 0.1) is 5.41 Å². The van der Waals surface area contributed by atoms with Gasteiger partial charge in [-0.3, -0.25) is 9.36 Å². The van der Waals surface area contributed by atoms with Crippen molar-refractivity contribution in [3.05, 3.63) is 34.6 Å². The van der Waals surface area contributed by atoms with Gasteiger partial charge in [0, 0.05) is 36.5 Å². The van der Waals surface area contributed by atoms with Crippen LogP contribution in [0.5, 0.6) is 0 Å². The first-order valence-corrected chi connectivity index (χ1v) is 11.2. The number of ether oxygens (including phenoxy) is 1. The zero-order valence-electron chi connectivity index (χ0n) is 17.9. The van der Waals surface area contributed by atoms with Crippen LogP contribution in [0.4, 0.5) is 24.9 Å². The molecule has 2 aliphatic rings. The number of nitrogen functional groups attached to an aromatic ring is 1. The Hall–Kier alpha value is -2.24. The minimum Gasteiger partial charge on any atom is -0.383 e. The lowest BCUT2D eigenvalue weighted by atomic mass is 9.73. The van der Waals surface area contributed by atoms with Crippen LogP contribution >= 0.6 is 11.8 Å². The highest BCUT2D eigenvalue weighted by atomic mass is 32.2. The van der Waals surface area contributed by atoms with Crippen LogP contribution in [0.3, 0.4) is 0 Å². The van der Waals surface area contributed by atoms with Crippen molar-refractivity contribution in [2.24, 2.45) is 18.2 Å². The first kappa shape index (κ1) is 22.9. The van der Waals surface area contributed by atoms with Crippen molar-refractivity contribution in [3.8, 4) is 11.1 Å².